The maximum absolute atomic E-state index is 12.5. The van der Waals surface area contributed by atoms with Crippen molar-refractivity contribution >= 4 is 17.9 Å². The van der Waals surface area contributed by atoms with E-state index >= 15 is 0 Å². The largest absolute Gasteiger partial charge is 0.481 e. The van der Waals surface area contributed by atoms with E-state index in [1.54, 1.807) is 14.7 Å². The van der Waals surface area contributed by atoms with Gasteiger partial charge in [0.25, 0.3) is 0 Å². The van der Waals surface area contributed by atoms with Crippen molar-refractivity contribution in [1.82, 2.24) is 14.7 Å². The summed E-state index contributed by atoms with van der Waals surface area (Å²) in [6, 6.07) is -0.101. The summed E-state index contributed by atoms with van der Waals surface area (Å²) in [6.45, 7) is 6.53. The third kappa shape index (κ3) is 3.46. The molecule has 1 N–H and O–H groups in total. The lowest BCUT2D eigenvalue weighted by Crippen LogP contribution is -2.44. The maximum Gasteiger partial charge on any atom is 0.320 e. The molecular weight excluding hydrogens is 274 g/mol. The minimum Gasteiger partial charge on any atom is -0.481 e. The molecule has 2 fully saturated rings. The molecule has 21 heavy (non-hydrogen) atoms. The lowest BCUT2D eigenvalue weighted by molar-refractivity contribution is -0.142. The minimum absolute atomic E-state index is 0.0212. The van der Waals surface area contributed by atoms with Gasteiger partial charge in [-0.05, 0) is 12.3 Å². The molecule has 2 heterocycles. The van der Waals surface area contributed by atoms with Crippen molar-refractivity contribution in [2.45, 2.75) is 20.3 Å². The summed E-state index contributed by atoms with van der Waals surface area (Å²) in [7, 11) is 0. The fourth-order valence-corrected chi connectivity index (χ4v) is 3.07. The molecule has 0 saturated carbocycles. The maximum atomic E-state index is 12.5. The Hall–Kier alpha value is -1.79. The number of aliphatic carboxylic acids is 1. The van der Waals surface area contributed by atoms with E-state index in [0.717, 1.165) is 6.42 Å². The van der Waals surface area contributed by atoms with Crippen LogP contribution in [0.25, 0.3) is 0 Å². The second kappa shape index (κ2) is 6.32. The van der Waals surface area contributed by atoms with Crippen LogP contribution in [0.5, 0.6) is 0 Å². The molecule has 0 spiro atoms. The highest BCUT2D eigenvalue weighted by atomic mass is 16.4. The molecule has 0 aromatic carbocycles. The van der Waals surface area contributed by atoms with Gasteiger partial charge >= 0.3 is 12.0 Å². The van der Waals surface area contributed by atoms with Crippen molar-refractivity contribution in [2.75, 3.05) is 39.3 Å². The lowest BCUT2D eigenvalue weighted by atomic mass is 9.99. The predicted octanol–water partition coefficient (Wildman–Crippen LogP) is 0.313. The molecule has 2 aliphatic rings. The highest BCUT2D eigenvalue weighted by Crippen LogP contribution is 2.24. The molecule has 0 unspecified atom stereocenters. The van der Waals surface area contributed by atoms with Crippen LogP contribution in [0, 0.1) is 11.8 Å². The van der Waals surface area contributed by atoms with Crippen LogP contribution >= 0.6 is 0 Å². The Balaban J connectivity index is 1.95. The molecule has 7 heteroatoms. The molecule has 0 aromatic rings. The molecule has 2 aliphatic heterocycles. The Morgan fingerprint density at radius 1 is 0.952 bits per heavy atom. The van der Waals surface area contributed by atoms with Gasteiger partial charge in [0.1, 0.15) is 0 Å². The summed E-state index contributed by atoms with van der Waals surface area (Å²) >= 11 is 0. The van der Waals surface area contributed by atoms with E-state index in [1.807, 2.05) is 6.92 Å². The van der Waals surface area contributed by atoms with Crippen LogP contribution in [0.1, 0.15) is 20.3 Å². The van der Waals surface area contributed by atoms with Crippen LogP contribution in [0.4, 0.5) is 4.79 Å². The van der Waals surface area contributed by atoms with Crippen molar-refractivity contribution in [3.63, 3.8) is 0 Å². The Labute approximate surface area is 124 Å². The number of hydrogen-bond donors (Lipinski definition) is 1. The first-order valence-electron chi connectivity index (χ1n) is 7.42. The van der Waals surface area contributed by atoms with Gasteiger partial charge in [-0.25, -0.2) is 4.79 Å². The Morgan fingerprint density at radius 3 is 2.14 bits per heavy atom. The first-order valence-corrected chi connectivity index (χ1v) is 7.42. The zero-order valence-electron chi connectivity index (χ0n) is 12.6. The number of rotatable bonds is 1. The monoisotopic (exact) mass is 297 g/mol. The SMILES string of the molecule is CC(=O)N1CCCN(C(=O)N2C[C@@H](C)[C@H](C(=O)O)C2)CC1. The van der Waals surface area contributed by atoms with Crippen LogP contribution in [-0.2, 0) is 9.59 Å². The van der Waals surface area contributed by atoms with Gasteiger partial charge in [0, 0.05) is 46.2 Å². The van der Waals surface area contributed by atoms with Crippen LogP contribution in [0.15, 0.2) is 0 Å². The second-order valence-corrected chi connectivity index (χ2v) is 5.96. The van der Waals surface area contributed by atoms with E-state index in [2.05, 4.69) is 0 Å². The topological polar surface area (TPSA) is 81.2 Å². The first kappa shape index (κ1) is 15.6. The molecule has 0 aliphatic carbocycles. The molecule has 2 rings (SSSR count). The normalized spacial score (nSPS) is 26.7. The van der Waals surface area contributed by atoms with Crippen LogP contribution in [-0.4, -0.2) is 77.0 Å². The van der Waals surface area contributed by atoms with Gasteiger partial charge in [0.2, 0.25) is 5.91 Å². The predicted molar refractivity (Wildman–Crippen MR) is 75.7 cm³/mol. The molecule has 2 saturated heterocycles. The Bertz CT molecular complexity index is 440. The standard InChI is InChI=1S/C14H23N3O4/c1-10-8-17(9-12(10)13(19)20)14(21)16-5-3-4-15(6-7-16)11(2)18/h10,12H,3-9H2,1-2H3,(H,19,20)/t10-,12-/m1/s1. The molecule has 3 amide bonds. The van der Waals surface area contributed by atoms with Crippen LogP contribution in [0.3, 0.4) is 0 Å². The number of urea groups is 1. The number of carbonyl (C=O) groups excluding carboxylic acids is 2. The van der Waals surface area contributed by atoms with E-state index < -0.39 is 11.9 Å². The number of carbonyl (C=O) groups is 3. The van der Waals surface area contributed by atoms with Gasteiger partial charge in [-0.15, -0.1) is 0 Å². The molecule has 0 aromatic heterocycles. The number of likely N-dealkylation sites (tertiary alicyclic amines) is 1. The van der Waals surface area contributed by atoms with E-state index in [-0.39, 0.29) is 24.4 Å². The lowest BCUT2D eigenvalue weighted by Gasteiger charge is -2.27. The molecule has 2 atom stereocenters. The minimum atomic E-state index is -0.837. The van der Waals surface area contributed by atoms with Crippen LogP contribution < -0.4 is 0 Å². The fraction of sp³-hybridized carbons (Fsp3) is 0.786. The smallest absolute Gasteiger partial charge is 0.320 e. The molecule has 0 bridgehead atoms. The highest BCUT2D eigenvalue weighted by Gasteiger charge is 2.38. The second-order valence-electron chi connectivity index (χ2n) is 5.96. The number of nitrogens with zero attached hydrogens (tertiary/aromatic N) is 3. The number of carboxylic acids is 1. The summed E-state index contributed by atoms with van der Waals surface area (Å²) < 4.78 is 0. The van der Waals surface area contributed by atoms with Crippen molar-refractivity contribution in [3.8, 4) is 0 Å². The van der Waals surface area contributed by atoms with Gasteiger partial charge in [0.05, 0.1) is 5.92 Å². The first-order chi connectivity index (χ1) is 9.90. The van der Waals surface area contributed by atoms with Gasteiger partial charge in [-0.3, -0.25) is 9.59 Å². The van der Waals surface area contributed by atoms with Gasteiger partial charge < -0.3 is 19.8 Å². The molecule has 118 valence electrons. The third-order valence-corrected chi connectivity index (χ3v) is 4.41. The summed E-state index contributed by atoms with van der Waals surface area (Å²) in [6.07, 6.45) is 0.761. The van der Waals surface area contributed by atoms with Crippen molar-refractivity contribution in [1.29, 1.82) is 0 Å². The fourth-order valence-electron chi connectivity index (χ4n) is 3.07. The molecule has 0 radical (unpaired) electrons. The average Bonchev–Trinajstić information content (AvgIpc) is 2.66. The van der Waals surface area contributed by atoms with E-state index in [4.69, 9.17) is 5.11 Å². The van der Waals surface area contributed by atoms with Crippen molar-refractivity contribution in [3.05, 3.63) is 0 Å². The summed E-state index contributed by atoms with van der Waals surface area (Å²) in [4.78, 5) is 40.1. The number of carboxylic acid groups (broad SMARTS) is 1. The molecular formula is C14H23N3O4. The van der Waals surface area contributed by atoms with Crippen molar-refractivity contribution in [2.24, 2.45) is 11.8 Å². The quantitative estimate of drug-likeness (QED) is 0.755. The summed E-state index contributed by atoms with van der Waals surface area (Å²) in [5.41, 5.74) is 0. The van der Waals surface area contributed by atoms with Gasteiger partial charge in [0.15, 0.2) is 0 Å². The number of hydrogen-bond acceptors (Lipinski definition) is 3. The highest BCUT2D eigenvalue weighted by molar-refractivity contribution is 5.78. The van der Waals surface area contributed by atoms with Gasteiger partial charge in [-0.2, -0.15) is 0 Å². The third-order valence-electron chi connectivity index (χ3n) is 4.41. The summed E-state index contributed by atoms with van der Waals surface area (Å²) in [5, 5.41) is 9.14. The van der Waals surface area contributed by atoms with Crippen molar-refractivity contribution < 1.29 is 19.5 Å². The zero-order valence-corrected chi connectivity index (χ0v) is 12.6. The van der Waals surface area contributed by atoms with Gasteiger partial charge in [-0.1, -0.05) is 6.92 Å². The summed E-state index contributed by atoms with van der Waals surface area (Å²) in [5.74, 6) is -1.30. The Kier molecular flexibility index (Phi) is 4.69. The van der Waals surface area contributed by atoms with Crippen LogP contribution in [0.2, 0.25) is 0 Å². The Morgan fingerprint density at radius 2 is 1.57 bits per heavy atom. The molecule has 7 nitrogen and oxygen atoms in total. The van der Waals surface area contributed by atoms with E-state index in [1.165, 1.54) is 6.92 Å². The van der Waals surface area contributed by atoms with E-state index in [0.29, 0.717) is 32.7 Å². The average molecular weight is 297 g/mol. The zero-order chi connectivity index (χ0) is 15.6. The number of amides is 3. The van der Waals surface area contributed by atoms with E-state index in [9.17, 15) is 14.4 Å².